The summed E-state index contributed by atoms with van der Waals surface area (Å²) >= 11 is 0. The maximum atomic E-state index is 13.3. The lowest BCUT2D eigenvalue weighted by molar-refractivity contribution is -0.143. The number of alkyl halides is 9. The number of halogens is 9. The molecular weight excluding hydrogens is 501 g/mol. The Kier molecular flexibility index (Phi) is 8.47. The number of hydrogen-bond donors (Lipinski definition) is 1. The first-order valence-corrected chi connectivity index (χ1v) is 11.5. The minimum atomic E-state index is -4.99. The minimum Gasteiger partial charge on any atom is -0.356 e. The minimum absolute atomic E-state index is 0.0283. The van der Waals surface area contributed by atoms with Crippen LogP contribution in [0.15, 0.2) is 30.5 Å². The highest BCUT2D eigenvalue weighted by molar-refractivity contribution is 5.49. The Hall–Kier alpha value is -2.50. The van der Waals surface area contributed by atoms with Crippen molar-refractivity contribution in [2.24, 2.45) is 5.92 Å². The van der Waals surface area contributed by atoms with Crippen molar-refractivity contribution in [2.75, 3.05) is 18.0 Å². The van der Waals surface area contributed by atoms with Crippen LogP contribution in [-0.2, 0) is 31.6 Å². The van der Waals surface area contributed by atoms with E-state index in [0.717, 1.165) is 37.9 Å². The maximum absolute atomic E-state index is 13.3. The lowest BCUT2D eigenvalue weighted by Crippen LogP contribution is -2.31. The van der Waals surface area contributed by atoms with Gasteiger partial charge in [0, 0.05) is 37.9 Å². The van der Waals surface area contributed by atoms with Crippen molar-refractivity contribution in [3.8, 4) is 0 Å². The van der Waals surface area contributed by atoms with Gasteiger partial charge in [-0.3, -0.25) is 0 Å². The average molecular weight is 527 g/mol. The number of nitrogens with one attached hydrogen (secondary N) is 1. The molecule has 0 saturated heterocycles. The molecule has 1 N–H and O–H groups in total. The molecule has 1 heterocycles. The van der Waals surface area contributed by atoms with Crippen molar-refractivity contribution in [3.63, 3.8) is 0 Å². The molecule has 1 aromatic carbocycles. The van der Waals surface area contributed by atoms with Gasteiger partial charge in [-0.05, 0) is 55.5 Å². The van der Waals surface area contributed by atoms with E-state index in [-0.39, 0.29) is 23.7 Å². The van der Waals surface area contributed by atoms with Gasteiger partial charge in [-0.25, -0.2) is 4.98 Å². The summed E-state index contributed by atoms with van der Waals surface area (Å²) in [5.74, 6) is 0.686. The molecule has 1 saturated carbocycles. The van der Waals surface area contributed by atoms with E-state index in [9.17, 15) is 39.5 Å². The van der Waals surface area contributed by atoms with Crippen molar-refractivity contribution in [1.82, 2.24) is 10.3 Å². The first-order valence-electron chi connectivity index (χ1n) is 11.5. The third-order valence-electron chi connectivity index (χ3n) is 6.20. The molecule has 0 radical (unpaired) electrons. The van der Waals surface area contributed by atoms with Crippen LogP contribution in [0.25, 0.3) is 0 Å². The molecule has 0 unspecified atom stereocenters. The third kappa shape index (κ3) is 7.27. The molecule has 0 atom stereocenters. The molecule has 3 nitrogen and oxygen atoms in total. The molecule has 2 aromatic rings. The van der Waals surface area contributed by atoms with E-state index in [0.29, 0.717) is 37.0 Å². The number of benzene rings is 1. The van der Waals surface area contributed by atoms with Gasteiger partial charge in [0.2, 0.25) is 0 Å². The number of pyridine rings is 1. The monoisotopic (exact) mass is 527 g/mol. The van der Waals surface area contributed by atoms with Crippen molar-refractivity contribution >= 4 is 5.82 Å². The van der Waals surface area contributed by atoms with Gasteiger partial charge in [-0.1, -0.05) is 12.8 Å². The van der Waals surface area contributed by atoms with E-state index in [2.05, 4.69) is 10.3 Å². The summed E-state index contributed by atoms with van der Waals surface area (Å²) < 4.78 is 119. The fourth-order valence-corrected chi connectivity index (χ4v) is 4.41. The Labute approximate surface area is 202 Å². The smallest absolute Gasteiger partial charge is 0.356 e. The zero-order valence-electron chi connectivity index (χ0n) is 19.4. The second-order valence-electron chi connectivity index (χ2n) is 8.91. The lowest BCUT2D eigenvalue weighted by atomic mass is 10.0. The molecule has 0 bridgehead atoms. The standard InChI is InChI=1S/C24H26F9N3/c1-2-36(14-15-5-3-4-6-15)21-17(9-20(13-35-21)24(31,32)33)12-34-11-16-7-18(22(25,26)27)10-19(8-16)23(28,29)30/h7-10,13,15,34H,2-6,11-12,14H2,1H3. The normalized spacial score (nSPS) is 15.5. The van der Waals surface area contributed by atoms with E-state index in [4.69, 9.17) is 0 Å². The number of anilines is 1. The highest BCUT2D eigenvalue weighted by Gasteiger charge is 2.37. The van der Waals surface area contributed by atoms with Crippen LogP contribution in [-0.4, -0.2) is 18.1 Å². The van der Waals surface area contributed by atoms with Gasteiger partial charge < -0.3 is 10.2 Å². The van der Waals surface area contributed by atoms with Crippen LogP contribution in [0.1, 0.15) is 60.4 Å². The van der Waals surface area contributed by atoms with Crippen molar-refractivity contribution in [3.05, 3.63) is 58.3 Å². The highest BCUT2D eigenvalue weighted by Crippen LogP contribution is 2.37. The Morgan fingerprint density at radius 3 is 1.86 bits per heavy atom. The Balaban J connectivity index is 1.86. The second-order valence-corrected chi connectivity index (χ2v) is 8.91. The number of nitrogens with zero attached hydrogens (tertiary/aromatic N) is 2. The maximum Gasteiger partial charge on any atom is 0.417 e. The van der Waals surface area contributed by atoms with Crippen molar-refractivity contribution < 1.29 is 39.5 Å². The van der Waals surface area contributed by atoms with E-state index >= 15 is 0 Å². The summed E-state index contributed by atoms with van der Waals surface area (Å²) in [5, 5.41) is 2.70. The molecule has 0 aliphatic heterocycles. The van der Waals surface area contributed by atoms with Gasteiger partial charge >= 0.3 is 18.5 Å². The summed E-state index contributed by atoms with van der Waals surface area (Å²) in [7, 11) is 0. The Bertz CT molecular complexity index is 991. The Morgan fingerprint density at radius 2 is 1.36 bits per heavy atom. The zero-order valence-corrected chi connectivity index (χ0v) is 19.4. The van der Waals surface area contributed by atoms with Crippen molar-refractivity contribution in [1.29, 1.82) is 0 Å². The largest absolute Gasteiger partial charge is 0.417 e. The lowest BCUT2D eigenvalue weighted by Gasteiger charge is -2.28. The van der Waals surface area contributed by atoms with Gasteiger partial charge in [0.1, 0.15) is 5.82 Å². The van der Waals surface area contributed by atoms with Crippen LogP contribution < -0.4 is 10.2 Å². The molecule has 200 valence electrons. The summed E-state index contributed by atoms with van der Waals surface area (Å²) in [6.45, 7) is 2.27. The van der Waals surface area contributed by atoms with Crippen LogP contribution >= 0.6 is 0 Å². The molecule has 0 spiro atoms. The van der Waals surface area contributed by atoms with Crippen LogP contribution in [0.2, 0.25) is 0 Å². The zero-order chi connectivity index (χ0) is 26.7. The summed E-state index contributed by atoms with van der Waals surface area (Å²) in [5.41, 5.74) is -4.03. The van der Waals surface area contributed by atoms with Crippen LogP contribution in [0.5, 0.6) is 0 Å². The van der Waals surface area contributed by atoms with Gasteiger partial charge in [0.05, 0.1) is 16.7 Å². The SMILES string of the molecule is CCN(CC1CCCC1)c1ncc(C(F)(F)F)cc1CNCc1cc(C(F)(F)F)cc(C(F)(F)F)c1. The van der Waals surface area contributed by atoms with Crippen molar-refractivity contribution in [2.45, 2.75) is 64.2 Å². The first-order chi connectivity index (χ1) is 16.7. The molecule has 1 aliphatic rings. The van der Waals surface area contributed by atoms with Gasteiger partial charge in [-0.2, -0.15) is 39.5 Å². The van der Waals surface area contributed by atoms with E-state index in [1.54, 1.807) is 0 Å². The molecule has 0 amide bonds. The summed E-state index contributed by atoms with van der Waals surface area (Å²) in [6, 6.07) is 2.12. The molecule has 1 aromatic heterocycles. The average Bonchev–Trinajstić information content (AvgIpc) is 3.29. The predicted octanol–water partition coefficient (Wildman–Crippen LogP) is 7.44. The van der Waals surface area contributed by atoms with Gasteiger partial charge in [0.15, 0.2) is 0 Å². The van der Waals surface area contributed by atoms with E-state index < -0.39 is 41.8 Å². The molecule has 1 fully saturated rings. The molecule has 3 rings (SSSR count). The quantitative estimate of drug-likeness (QED) is 0.362. The second kappa shape index (κ2) is 10.9. The van der Waals surface area contributed by atoms with E-state index in [1.165, 1.54) is 0 Å². The molecule has 12 heteroatoms. The topological polar surface area (TPSA) is 28.2 Å². The van der Waals surface area contributed by atoms with Gasteiger partial charge in [-0.15, -0.1) is 0 Å². The molecule has 36 heavy (non-hydrogen) atoms. The first kappa shape index (κ1) is 28.1. The van der Waals surface area contributed by atoms with Crippen LogP contribution in [0, 0.1) is 5.92 Å². The summed E-state index contributed by atoms with van der Waals surface area (Å²) in [4.78, 5) is 5.91. The van der Waals surface area contributed by atoms with E-state index in [1.807, 2.05) is 11.8 Å². The number of aromatic nitrogens is 1. The molecule has 1 aliphatic carbocycles. The highest BCUT2D eigenvalue weighted by atomic mass is 19.4. The predicted molar refractivity (Wildman–Crippen MR) is 116 cm³/mol. The van der Waals surface area contributed by atoms with Crippen LogP contribution in [0.4, 0.5) is 45.3 Å². The third-order valence-corrected chi connectivity index (χ3v) is 6.20. The fourth-order valence-electron chi connectivity index (χ4n) is 4.41. The number of rotatable bonds is 8. The number of hydrogen-bond acceptors (Lipinski definition) is 3. The molecular formula is C24H26F9N3. The van der Waals surface area contributed by atoms with Gasteiger partial charge in [0.25, 0.3) is 0 Å². The van der Waals surface area contributed by atoms with Crippen LogP contribution in [0.3, 0.4) is 0 Å². The fraction of sp³-hybridized carbons (Fsp3) is 0.542. The Morgan fingerprint density at radius 1 is 0.806 bits per heavy atom. The summed E-state index contributed by atoms with van der Waals surface area (Å²) in [6.07, 6.45) is -9.75.